The van der Waals surface area contributed by atoms with Crippen molar-refractivity contribution in [1.82, 2.24) is 0 Å². The van der Waals surface area contributed by atoms with Crippen molar-refractivity contribution in [3.8, 4) is 0 Å². The van der Waals surface area contributed by atoms with Gasteiger partial charge in [-0.2, -0.15) is 0 Å². The van der Waals surface area contributed by atoms with E-state index in [9.17, 15) is 0 Å². The molecule has 0 saturated carbocycles. The molecule has 60 valence electrons. The number of aliphatic imine (C=N–C) groups is 1. The molecule has 0 fully saturated rings. The fourth-order valence-electron chi connectivity index (χ4n) is 0.639. The molecule has 0 aliphatic carbocycles. The van der Waals surface area contributed by atoms with Crippen LogP contribution in [0.25, 0.3) is 0 Å². The molecule has 0 atom stereocenters. The van der Waals surface area contributed by atoms with Crippen molar-refractivity contribution < 1.29 is 0 Å². The highest BCUT2D eigenvalue weighted by Crippen LogP contribution is 2.07. The number of allylic oxidation sites excluding steroid dienone is 2. The maximum Gasteiger partial charge on any atom is 0.0623 e. The van der Waals surface area contributed by atoms with E-state index in [4.69, 9.17) is 0 Å². The third-order valence-electron chi connectivity index (χ3n) is 1.10. The summed E-state index contributed by atoms with van der Waals surface area (Å²) in [6, 6.07) is 0. The van der Waals surface area contributed by atoms with Gasteiger partial charge in [-0.15, -0.1) is 0 Å². The second kappa shape index (κ2) is 4.67. The zero-order chi connectivity index (χ0) is 8.85. The summed E-state index contributed by atoms with van der Waals surface area (Å²) in [6.07, 6.45) is 3.82. The maximum absolute atomic E-state index is 4.17. The molecule has 0 aromatic rings. The third-order valence-corrected chi connectivity index (χ3v) is 1.10. The van der Waals surface area contributed by atoms with Crippen molar-refractivity contribution in [2.75, 3.05) is 0 Å². The number of hydrogen-bond acceptors (Lipinski definition) is 1. The smallest absolute Gasteiger partial charge is 0.0623 e. The summed E-state index contributed by atoms with van der Waals surface area (Å²) in [7, 11) is 0. The molecular weight excluding hydrogens is 134 g/mol. The van der Waals surface area contributed by atoms with Crippen LogP contribution in [0.5, 0.6) is 0 Å². The van der Waals surface area contributed by atoms with E-state index in [1.165, 1.54) is 0 Å². The number of rotatable bonds is 3. The van der Waals surface area contributed by atoms with Crippen molar-refractivity contribution in [3.63, 3.8) is 0 Å². The van der Waals surface area contributed by atoms with Crippen LogP contribution in [0.2, 0.25) is 0 Å². The lowest BCUT2D eigenvalue weighted by molar-refractivity contribution is 1.35. The number of hydrogen-bond donors (Lipinski definition) is 0. The van der Waals surface area contributed by atoms with Gasteiger partial charge in [0.25, 0.3) is 0 Å². The van der Waals surface area contributed by atoms with Gasteiger partial charge in [0.15, 0.2) is 0 Å². The zero-order valence-electron chi connectivity index (χ0n) is 7.52. The van der Waals surface area contributed by atoms with Crippen molar-refractivity contribution >= 4 is 5.71 Å². The summed E-state index contributed by atoms with van der Waals surface area (Å²) in [5.74, 6) is 0. The molecule has 0 aromatic carbocycles. The summed E-state index contributed by atoms with van der Waals surface area (Å²) in [5, 5.41) is 0. The molecule has 0 bridgehead atoms. The topological polar surface area (TPSA) is 12.4 Å². The Balaban J connectivity index is 4.28. The monoisotopic (exact) mass is 149 g/mol. The van der Waals surface area contributed by atoms with Gasteiger partial charge in [-0.25, -0.2) is 0 Å². The summed E-state index contributed by atoms with van der Waals surface area (Å²) in [4.78, 5) is 4.17. The van der Waals surface area contributed by atoms with E-state index < -0.39 is 0 Å². The van der Waals surface area contributed by atoms with Crippen LogP contribution in [0.1, 0.15) is 20.8 Å². The molecular formula is C10H15N. The van der Waals surface area contributed by atoms with E-state index in [0.717, 1.165) is 17.0 Å². The predicted octanol–water partition coefficient (Wildman–Crippen LogP) is 3.11. The second-order valence-electron chi connectivity index (χ2n) is 2.53. The number of nitrogens with zero attached hydrogens (tertiary/aromatic N) is 1. The van der Waals surface area contributed by atoms with Crippen LogP contribution in [-0.2, 0) is 0 Å². The van der Waals surface area contributed by atoms with Crippen LogP contribution in [0.15, 0.2) is 41.6 Å². The molecule has 0 aliphatic rings. The van der Waals surface area contributed by atoms with Crippen LogP contribution in [0.3, 0.4) is 0 Å². The lowest BCUT2D eigenvalue weighted by atomic mass is 10.2. The van der Waals surface area contributed by atoms with Crippen molar-refractivity contribution in [1.29, 1.82) is 0 Å². The maximum atomic E-state index is 4.17. The summed E-state index contributed by atoms with van der Waals surface area (Å²) in [5.41, 5.74) is 2.61. The van der Waals surface area contributed by atoms with E-state index in [1.807, 2.05) is 32.9 Å². The zero-order valence-corrected chi connectivity index (χ0v) is 7.52. The second-order valence-corrected chi connectivity index (χ2v) is 2.53. The third kappa shape index (κ3) is 4.31. The van der Waals surface area contributed by atoms with Gasteiger partial charge in [0.1, 0.15) is 0 Å². The first-order valence-electron chi connectivity index (χ1n) is 3.60. The summed E-state index contributed by atoms with van der Waals surface area (Å²) >= 11 is 0. The summed E-state index contributed by atoms with van der Waals surface area (Å²) < 4.78 is 0. The Kier molecular flexibility index (Phi) is 4.20. The SMILES string of the molecule is C=C(/C=C/C)C(=C)N=C(C)C. The minimum absolute atomic E-state index is 0.739. The first kappa shape index (κ1) is 9.89. The van der Waals surface area contributed by atoms with Gasteiger partial charge >= 0.3 is 0 Å². The highest BCUT2D eigenvalue weighted by molar-refractivity contribution is 5.80. The quantitative estimate of drug-likeness (QED) is 0.432. The van der Waals surface area contributed by atoms with Gasteiger partial charge in [-0.3, -0.25) is 4.99 Å². The normalized spacial score (nSPS) is 9.73. The van der Waals surface area contributed by atoms with Crippen LogP contribution in [0, 0.1) is 0 Å². The molecule has 0 rings (SSSR count). The molecule has 11 heavy (non-hydrogen) atoms. The lowest BCUT2D eigenvalue weighted by Gasteiger charge is -1.98. The van der Waals surface area contributed by atoms with Crippen molar-refractivity contribution in [3.05, 3.63) is 36.6 Å². The van der Waals surface area contributed by atoms with Crippen LogP contribution < -0.4 is 0 Å². The Morgan fingerprint density at radius 3 is 2.18 bits per heavy atom. The first-order valence-corrected chi connectivity index (χ1v) is 3.60. The predicted molar refractivity (Wildman–Crippen MR) is 51.9 cm³/mol. The fourth-order valence-corrected chi connectivity index (χ4v) is 0.639. The van der Waals surface area contributed by atoms with Gasteiger partial charge in [0.05, 0.1) is 5.70 Å². The largest absolute Gasteiger partial charge is 0.258 e. The van der Waals surface area contributed by atoms with Gasteiger partial charge < -0.3 is 0 Å². The van der Waals surface area contributed by atoms with E-state index >= 15 is 0 Å². The first-order chi connectivity index (χ1) is 5.07. The Labute approximate surface area is 68.9 Å². The van der Waals surface area contributed by atoms with Crippen LogP contribution in [-0.4, -0.2) is 5.71 Å². The van der Waals surface area contributed by atoms with E-state index in [1.54, 1.807) is 0 Å². The fraction of sp³-hybridized carbons (Fsp3) is 0.300. The molecule has 0 spiro atoms. The van der Waals surface area contributed by atoms with E-state index in [2.05, 4.69) is 18.2 Å². The van der Waals surface area contributed by atoms with Crippen molar-refractivity contribution in [2.45, 2.75) is 20.8 Å². The Morgan fingerprint density at radius 2 is 1.82 bits per heavy atom. The highest BCUT2D eigenvalue weighted by atomic mass is 14.7. The molecule has 0 N–H and O–H groups in total. The lowest BCUT2D eigenvalue weighted by Crippen LogP contribution is -1.84. The average molecular weight is 149 g/mol. The van der Waals surface area contributed by atoms with E-state index in [0.29, 0.717) is 0 Å². The molecule has 1 heteroatoms. The molecule has 0 saturated heterocycles. The van der Waals surface area contributed by atoms with Gasteiger partial charge in [0.2, 0.25) is 0 Å². The Hall–Kier alpha value is -1.11. The molecule has 0 unspecified atom stereocenters. The Bertz CT molecular complexity index is 215. The highest BCUT2D eigenvalue weighted by Gasteiger charge is 1.91. The standard InChI is InChI=1S/C10H15N/c1-6-7-9(4)10(5)11-8(2)3/h6-7H,4-5H2,1-3H3/b7-6+. The Morgan fingerprint density at radius 1 is 1.27 bits per heavy atom. The molecule has 0 amide bonds. The van der Waals surface area contributed by atoms with Crippen molar-refractivity contribution in [2.24, 2.45) is 4.99 Å². The molecule has 0 aromatic heterocycles. The van der Waals surface area contributed by atoms with Crippen LogP contribution >= 0.6 is 0 Å². The van der Waals surface area contributed by atoms with Gasteiger partial charge in [0, 0.05) is 5.71 Å². The average Bonchev–Trinajstić information content (AvgIpc) is 1.86. The molecule has 1 nitrogen and oxygen atoms in total. The van der Waals surface area contributed by atoms with E-state index in [-0.39, 0.29) is 0 Å². The minimum atomic E-state index is 0.739. The van der Waals surface area contributed by atoms with Gasteiger partial charge in [-0.05, 0) is 26.3 Å². The molecule has 0 radical (unpaired) electrons. The minimum Gasteiger partial charge on any atom is -0.258 e. The summed E-state index contributed by atoms with van der Waals surface area (Å²) in [6.45, 7) is 13.4. The van der Waals surface area contributed by atoms with Crippen LogP contribution in [0.4, 0.5) is 0 Å². The molecule has 0 heterocycles. The molecule has 0 aliphatic heterocycles. The van der Waals surface area contributed by atoms with Gasteiger partial charge in [-0.1, -0.05) is 25.3 Å².